The van der Waals surface area contributed by atoms with Gasteiger partial charge in [-0.1, -0.05) is 6.07 Å². The van der Waals surface area contributed by atoms with E-state index in [1.165, 1.54) is 11.3 Å². The lowest BCUT2D eigenvalue weighted by atomic mass is 9.96. The molecule has 1 saturated heterocycles. The lowest BCUT2D eigenvalue weighted by Gasteiger charge is -2.31. The second-order valence-corrected chi connectivity index (χ2v) is 7.31. The van der Waals surface area contributed by atoms with Crippen molar-refractivity contribution in [2.45, 2.75) is 12.8 Å². The van der Waals surface area contributed by atoms with Crippen LogP contribution in [0.2, 0.25) is 0 Å². The molecule has 0 aliphatic carbocycles. The van der Waals surface area contributed by atoms with E-state index in [1.807, 2.05) is 46.7 Å². The Balaban J connectivity index is 1.35. The Morgan fingerprint density at radius 3 is 2.48 bits per heavy atom. The lowest BCUT2D eigenvalue weighted by Crippen LogP contribution is -2.43. The molecule has 0 saturated carbocycles. The molecular formula is C20H24N2O4S. The number of methoxy groups -OCH3 is 1. The number of carbonyl (C=O) groups excluding carboxylic acids is 2. The molecule has 0 unspecified atom stereocenters. The van der Waals surface area contributed by atoms with Gasteiger partial charge in [0.25, 0.3) is 5.91 Å². The van der Waals surface area contributed by atoms with Gasteiger partial charge >= 0.3 is 0 Å². The molecule has 1 aliphatic heterocycles. The molecule has 0 spiro atoms. The van der Waals surface area contributed by atoms with Crippen LogP contribution in [0.5, 0.6) is 11.5 Å². The predicted octanol–water partition coefficient (Wildman–Crippen LogP) is 2.80. The third-order valence-electron chi connectivity index (χ3n) is 4.61. The zero-order valence-corrected chi connectivity index (χ0v) is 16.2. The van der Waals surface area contributed by atoms with Crippen LogP contribution in [-0.2, 0) is 4.79 Å². The molecule has 2 aromatic rings. The minimum atomic E-state index is -0.0432. The Hall–Kier alpha value is -2.54. The summed E-state index contributed by atoms with van der Waals surface area (Å²) in [5.41, 5.74) is 0. The molecular weight excluding hydrogens is 364 g/mol. The summed E-state index contributed by atoms with van der Waals surface area (Å²) in [7, 11) is 1.62. The quantitative estimate of drug-likeness (QED) is 0.741. The van der Waals surface area contributed by atoms with Crippen molar-refractivity contribution in [3.05, 3.63) is 46.7 Å². The van der Waals surface area contributed by atoms with Gasteiger partial charge in [-0.3, -0.25) is 9.59 Å². The number of benzene rings is 1. The van der Waals surface area contributed by atoms with Gasteiger partial charge in [-0.15, -0.1) is 11.3 Å². The first-order valence-corrected chi connectivity index (χ1v) is 9.92. The summed E-state index contributed by atoms with van der Waals surface area (Å²) in [5.74, 6) is 1.58. The highest BCUT2D eigenvalue weighted by atomic mass is 32.1. The molecule has 1 aliphatic rings. The monoisotopic (exact) mass is 388 g/mol. The summed E-state index contributed by atoms with van der Waals surface area (Å²) >= 11 is 1.45. The molecule has 7 heteroatoms. The Kier molecular flexibility index (Phi) is 6.70. The van der Waals surface area contributed by atoms with E-state index in [1.54, 1.807) is 7.11 Å². The van der Waals surface area contributed by atoms with Crippen molar-refractivity contribution in [1.29, 1.82) is 0 Å². The third kappa shape index (κ3) is 5.23. The van der Waals surface area contributed by atoms with Crippen molar-refractivity contribution in [2.75, 3.05) is 33.4 Å². The highest BCUT2D eigenvalue weighted by molar-refractivity contribution is 7.12. The van der Waals surface area contributed by atoms with E-state index in [9.17, 15) is 9.59 Å². The summed E-state index contributed by atoms with van der Waals surface area (Å²) in [6.45, 7) is 2.11. The maximum Gasteiger partial charge on any atom is 0.263 e. The van der Waals surface area contributed by atoms with E-state index in [2.05, 4.69) is 5.32 Å². The van der Waals surface area contributed by atoms with Crippen molar-refractivity contribution in [3.8, 4) is 11.5 Å². The van der Waals surface area contributed by atoms with Gasteiger partial charge < -0.3 is 19.7 Å². The second kappa shape index (κ2) is 9.41. The first-order chi connectivity index (χ1) is 13.2. The van der Waals surface area contributed by atoms with E-state index >= 15 is 0 Å². The number of nitrogens with zero attached hydrogens (tertiary/aromatic N) is 1. The van der Waals surface area contributed by atoms with Gasteiger partial charge in [-0.05, 0) is 48.6 Å². The Morgan fingerprint density at radius 2 is 1.85 bits per heavy atom. The molecule has 1 aromatic heterocycles. The summed E-state index contributed by atoms with van der Waals surface area (Å²) < 4.78 is 10.7. The molecule has 2 heterocycles. The predicted molar refractivity (Wildman–Crippen MR) is 104 cm³/mol. The van der Waals surface area contributed by atoms with Gasteiger partial charge in [0, 0.05) is 19.0 Å². The molecule has 27 heavy (non-hydrogen) atoms. The average molecular weight is 388 g/mol. The zero-order valence-electron chi connectivity index (χ0n) is 15.3. The molecule has 144 valence electrons. The van der Waals surface area contributed by atoms with Gasteiger partial charge in [0.2, 0.25) is 5.91 Å². The second-order valence-electron chi connectivity index (χ2n) is 6.36. The van der Waals surface area contributed by atoms with E-state index in [0.717, 1.165) is 16.4 Å². The molecule has 6 nitrogen and oxygen atoms in total. The Bertz CT molecular complexity index is 738. The number of carbonyl (C=O) groups is 2. The van der Waals surface area contributed by atoms with Crippen molar-refractivity contribution in [3.63, 3.8) is 0 Å². The van der Waals surface area contributed by atoms with Gasteiger partial charge in [0.1, 0.15) is 18.1 Å². The molecule has 0 radical (unpaired) electrons. The zero-order chi connectivity index (χ0) is 19.1. The van der Waals surface area contributed by atoms with Gasteiger partial charge in [0.15, 0.2) is 0 Å². The summed E-state index contributed by atoms with van der Waals surface area (Å²) in [5, 5.41) is 4.83. The maximum atomic E-state index is 12.3. The number of ether oxygens (including phenoxy) is 2. The van der Waals surface area contributed by atoms with Crippen molar-refractivity contribution < 1.29 is 19.1 Å². The molecule has 1 aromatic carbocycles. The Labute approximate surface area is 163 Å². The van der Waals surface area contributed by atoms with Gasteiger partial charge in [0.05, 0.1) is 18.5 Å². The van der Waals surface area contributed by atoms with Crippen LogP contribution in [0, 0.1) is 5.92 Å². The molecule has 0 atom stereocenters. The topological polar surface area (TPSA) is 67.9 Å². The summed E-state index contributed by atoms with van der Waals surface area (Å²) in [4.78, 5) is 27.2. The fraction of sp³-hybridized carbons (Fsp3) is 0.400. The number of rotatable bonds is 7. The van der Waals surface area contributed by atoms with Crippen LogP contribution >= 0.6 is 11.3 Å². The lowest BCUT2D eigenvalue weighted by molar-refractivity contribution is -0.126. The number of hydrogen-bond acceptors (Lipinski definition) is 5. The molecule has 0 bridgehead atoms. The highest BCUT2D eigenvalue weighted by Crippen LogP contribution is 2.21. The van der Waals surface area contributed by atoms with Crippen LogP contribution in [0.15, 0.2) is 41.8 Å². The summed E-state index contributed by atoms with van der Waals surface area (Å²) in [6.07, 6.45) is 1.39. The molecule has 2 amide bonds. The standard InChI is InChI=1S/C20H24N2O4S/c1-25-16-4-6-17(7-5-16)26-13-10-21-19(23)15-8-11-22(12-9-15)20(24)18-3-2-14-27-18/h2-7,14-15H,8-13H2,1H3,(H,21,23). The number of thiophene rings is 1. The smallest absolute Gasteiger partial charge is 0.263 e. The number of hydrogen-bond donors (Lipinski definition) is 1. The minimum Gasteiger partial charge on any atom is -0.497 e. The molecule has 1 N–H and O–H groups in total. The first kappa shape index (κ1) is 19.2. The number of piperidine rings is 1. The van der Waals surface area contributed by atoms with Crippen LogP contribution in [0.4, 0.5) is 0 Å². The minimum absolute atomic E-state index is 0.0385. The fourth-order valence-electron chi connectivity index (χ4n) is 3.06. The summed E-state index contributed by atoms with van der Waals surface area (Å²) in [6, 6.07) is 11.1. The number of amides is 2. The SMILES string of the molecule is COc1ccc(OCCNC(=O)C2CCN(C(=O)c3cccs3)CC2)cc1. The van der Waals surface area contributed by atoms with Crippen molar-refractivity contribution in [2.24, 2.45) is 5.92 Å². The normalized spacial score (nSPS) is 14.6. The van der Waals surface area contributed by atoms with Gasteiger partial charge in [-0.25, -0.2) is 0 Å². The number of likely N-dealkylation sites (tertiary alicyclic amines) is 1. The van der Waals surface area contributed by atoms with Crippen LogP contribution < -0.4 is 14.8 Å². The third-order valence-corrected chi connectivity index (χ3v) is 5.47. The van der Waals surface area contributed by atoms with Crippen molar-refractivity contribution in [1.82, 2.24) is 10.2 Å². The van der Waals surface area contributed by atoms with E-state index < -0.39 is 0 Å². The van der Waals surface area contributed by atoms with Gasteiger partial charge in [-0.2, -0.15) is 0 Å². The van der Waals surface area contributed by atoms with Crippen molar-refractivity contribution >= 4 is 23.2 Å². The first-order valence-electron chi connectivity index (χ1n) is 9.04. The average Bonchev–Trinajstić information content (AvgIpc) is 3.26. The van der Waals surface area contributed by atoms with Crippen LogP contribution in [-0.4, -0.2) is 50.1 Å². The fourth-order valence-corrected chi connectivity index (χ4v) is 3.75. The van der Waals surface area contributed by atoms with E-state index in [0.29, 0.717) is 39.1 Å². The number of nitrogens with one attached hydrogen (secondary N) is 1. The maximum absolute atomic E-state index is 12.3. The van der Waals surface area contributed by atoms with Crippen LogP contribution in [0.1, 0.15) is 22.5 Å². The van der Waals surface area contributed by atoms with Crippen LogP contribution in [0.25, 0.3) is 0 Å². The largest absolute Gasteiger partial charge is 0.497 e. The Morgan fingerprint density at radius 1 is 1.15 bits per heavy atom. The van der Waals surface area contributed by atoms with Crippen LogP contribution in [0.3, 0.4) is 0 Å². The van der Waals surface area contributed by atoms with E-state index in [4.69, 9.17) is 9.47 Å². The molecule has 1 fully saturated rings. The van der Waals surface area contributed by atoms with E-state index in [-0.39, 0.29) is 17.7 Å². The highest BCUT2D eigenvalue weighted by Gasteiger charge is 2.27. The molecule has 3 rings (SSSR count).